The summed E-state index contributed by atoms with van der Waals surface area (Å²) in [5.74, 6) is 4.99. The first-order valence-electron chi connectivity index (χ1n) is 6.10. The minimum Gasteiger partial charge on any atom is -0.384 e. The molecule has 102 valence electrons. The number of amides is 1. The molecule has 6 heteroatoms. The fraction of sp³-hybridized carbons (Fsp3) is 0.357. The average molecular weight is 271 g/mol. The molecule has 2 heterocycles. The van der Waals surface area contributed by atoms with Gasteiger partial charge in [0, 0.05) is 18.9 Å². The molecule has 1 aliphatic heterocycles. The Morgan fingerprint density at radius 3 is 3.25 bits per heavy atom. The SMILES string of the molecule is N#CC1CN(C(=O)c2ccncc2C#CCO)CCO1. The van der Waals surface area contributed by atoms with Crippen LogP contribution in [0.2, 0.25) is 0 Å². The van der Waals surface area contributed by atoms with Crippen molar-refractivity contribution in [3.05, 3.63) is 29.6 Å². The van der Waals surface area contributed by atoms with Crippen molar-refractivity contribution in [3.8, 4) is 17.9 Å². The van der Waals surface area contributed by atoms with Crippen LogP contribution in [0.25, 0.3) is 0 Å². The number of aliphatic hydroxyl groups excluding tert-OH is 1. The standard InChI is InChI=1S/C14H13N3O3/c15-8-12-10-17(5-7-20-12)14(19)13-3-4-16-9-11(13)2-1-6-18/h3-4,9,12,18H,5-7,10H2. The average Bonchev–Trinajstić information content (AvgIpc) is 2.52. The van der Waals surface area contributed by atoms with E-state index in [0.29, 0.717) is 24.3 Å². The van der Waals surface area contributed by atoms with Gasteiger partial charge in [-0.05, 0) is 6.07 Å². The first-order valence-corrected chi connectivity index (χ1v) is 6.10. The van der Waals surface area contributed by atoms with Crippen LogP contribution in [0, 0.1) is 23.2 Å². The molecule has 0 bridgehead atoms. The molecule has 6 nitrogen and oxygen atoms in total. The molecule has 1 saturated heterocycles. The summed E-state index contributed by atoms with van der Waals surface area (Å²) >= 11 is 0. The fourth-order valence-corrected chi connectivity index (χ4v) is 1.90. The molecule has 1 fully saturated rings. The Morgan fingerprint density at radius 2 is 2.50 bits per heavy atom. The highest BCUT2D eigenvalue weighted by atomic mass is 16.5. The van der Waals surface area contributed by atoms with Crippen LogP contribution >= 0.6 is 0 Å². The number of hydrogen-bond acceptors (Lipinski definition) is 5. The van der Waals surface area contributed by atoms with E-state index in [0.717, 1.165) is 0 Å². The minimum absolute atomic E-state index is 0.210. The lowest BCUT2D eigenvalue weighted by atomic mass is 10.1. The van der Waals surface area contributed by atoms with E-state index in [1.165, 1.54) is 12.4 Å². The van der Waals surface area contributed by atoms with Crippen LogP contribution in [0.3, 0.4) is 0 Å². The molecule has 1 unspecified atom stereocenters. The summed E-state index contributed by atoms with van der Waals surface area (Å²) in [6, 6.07) is 3.58. The number of nitriles is 1. The number of carbonyl (C=O) groups excluding carboxylic acids is 1. The zero-order valence-electron chi connectivity index (χ0n) is 10.7. The maximum Gasteiger partial charge on any atom is 0.255 e. The topological polar surface area (TPSA) is 86.5 Å². The third-order valence-corrected chi connectivity index (χ3v) is 2.85. The minimum atomic E-state index is -0.596. The lowest BCUT2D eigenvalue weighted by Gasteiger charge is -2.30. The van der Waals surface area contributed by atoms with Crippen LogP contribution in [0.4, 0.5) is 0 Å². The van der Waals surface area contributed by atoms with Crippen molar-refractivity contribution >= 4 is 5.91 Å². The number of ether oxygens (including phenoxy) is 1. The molecular weight excluding hydrogens is 258 g/mol. The van der Waals surface area contributed by atoms with E-state index in [9.17, 15) is 4.79 Å². The molecule has 2 rings (SSSR count). The van der Waals surface area contributed by atoms with Crippen LogP contribution < -0.4 is 0 Å². The number of rotatable bonds is 1. The van der Waals surface area contributed by atoms with Crippen molar-refractivity contribution in [2.24, 2.45) is 0 Å². The molecule has 1 amide bonds. The molecule has 20 heavy (non-hydrogen) atoms. The molecule has 1 atom stereocenters. The number of morpholine rings is 1. The van der Waals surface area contributed by atoms with Crippen LogP contribution in [0.5, 0.6) is 0 Å². The first kappa shape index (κ1) is 14.0. The molecule has 0 saturated carbocycles. The second-order valence-electron chi connectivity index (χ2n) is 4.12. The Hall–Kier alpha value is -2.41. The Labute approximate surface area is 116 Å². The van der Waals surface area contributed by atoms with Crippen molar-refractivity contribution in [3.63, 3.8) is 0 Å². The Kier molecular flexibility index (Phi) is 4.67. The van der Waals surface area contributed by atoms with Gasteiger partial charge in [0.2, 0.25) is 0 Å². The maximum atomic E-state index is 12.4. The molecule has 0 radical (unpaired) electrons. The van der Waals surface area contributed by atoms with Crippen LogP contribution in [0.1, 0.15) is 15.9 Å². The van der Waals surface area contributed by atoms with E-state index < -0.39 is 6.10 Å². The molecule has 1 aliphatic rings. The lowest BCUT2D eigenvalue weighted by Crippen LogP contribution is -2.45. The number of aliphatic hydroxyl groups is 1. The van der Waals surface area contributed by atoms with Crippen molar-refractivity contribution in [2.45, 2.75) is 6.10 Å². The molecule has 0 aromatic carbocycles. The third-order valence-electron chi connectivity index (χ3n) is 2.85. The highest BCUT2D eigenvalue weighted by molar-refractivity contribution is 5.96. The summed E-state index contributed by atoms with van der Waals surface area (Å²) in [5, 5.41) is 17.6. The molecule has 0 aliphatic carbocycles. The van der Waals surface area contributed by atoms with Crippen molar-refractivity contribution in [1.29, 1.82) is 5.26 Å². The predicted octanol–water partition coefficient (Wildman–Crippen LogP) is -0.210. The smallest absolute Gasteiger partial charge is 0.255 e. The van der Waals surface area contributed by atoms with Gasteiger partial charge in [0.1, 0.15) is 6.61 Å². The summed E-state index contributed by atoms with van der Waals surface area (Å²) < 4.78 is 5.21. The number of aromatic nitrogens is 1. The van der Waals surface area contributed by atoms with Gasteiger partial charge in [0.15, 0.2) is 6.10 Å². The van der Waals surface area contributed by atoms with Gasteiger partial charge in [-0.3, -0.25) is 9.78 Å². The quantitative estimate of drug-likeness (QED) is 0.714. The number of carbonyl (C=O) groups is 1. The van der Waals surface area contributed by atoms with Gasteiger partial charge < -0.3 is 14.7 Å². The van der Waals surface area contributed by atoms with E-state index in [2.05, 4.69) is 16.8 Å². The monoisotopic (exact) mass is 271 g/mol. The highest BCUT2D eigenvalue weighted by Gasteiger charge is 2.25. The third kappa shape index (κ3) is 3.12. The molecular formula is C14H13N3O3. The lowest BCUT2D eigenvalue weighted by molar-refractivity contribution is 0.00345. The summed E-state index contributed by atoms with van der Waals surface area (Å²) in [6.07, 6.45) is 2.40. The van der Waals surface area contributed by atoms with Gasteiger partial charge in [-0.1, -0.05) is 11.8 Å². The summed E-state index contributed by atoms with van der Waals surface area (Å²) in [6.45, 7) is 0.736. The van der Waals surface area contributed by atoms with Gasteiger partial charge in [0.25, 0.3) is 5.91 Å². The van der Waals surface area contributed by atoms with Crippen LogP contribution in [-0.2, 0) is 4.74 Å². The second-order valence-corrected chi connectivity index (χ2v) is 4.12. The van der Waals surface area contributed by atoms with Gasteiger partial charge in [-0.25, -0.2) is 0 Å². The van der Waals surface area contributed by atoms with Gasteiger partial charge in [-0.15, -0.1) is 0 Å². The second kappa shape index (κ2) is 6.67. The maximum absolute atomic E-state index is 12.4. The zero-order chi connectivity index (χ0) is 14.4. The largest absolute Gasteiger partial charge is 0.384 e. The fourth-order valence-electron chi connectivity index (χ4n) is 1.90. The van der Waals surface area contributed by atoms with E-state index in [1.807, 2.05) is 6.07 Å². The molecule has 1 aromatic rings. The Bertz CT molecular complexity index is 598. The number of hydrogen-bond donors (Lipinski definition) is 1. The van der Waals surface area contributed by atoms with E-state index in [1.54, 1.807) is 11.0 Å². The predicted molar refractivity (Wildman–Crippen MR) is 69.5 cm³/mol. The molecule has 0 spiro atoms. The van der Waals surface area contributed by atoms with Gasteiger partial charge in [0.05, 0.1) is 30.3 Å². The van der Waals surface area contributed by atoms with Crippen molar-refractivity contribution in [2.75, 3.05) is 26.3 Å². The first-order chi connectivity index (χ1) is 9.76. The van der Waals surface area contributed by atoms with Crippen LogP contribution in [0.15, 0.2) is 18.5 Å². The number of pyridine rings is 1. The van der Waals surface area contributed by atoms with Gasteiger partial charge in [-0.2, -0.15) is 5.26 Å². The summed E-state index contributed by atoms with van der Waals surface area (Å²) in [7, 11) is 0. The zero-order valence-corrected chi connectivity index (χ0v) is 10.7. The Morgan fingerprint density at radius 1 is 1.65 bits per heavy atom. The van der Waals surface area contributed by atoms with Crippen molar-refractivity contribution in [1.82, 2.24) is 9.88 Å². The Balaban J connectivity index is 2.23. The number of nitrogens with zero attached hydrogens (tertiary/aromatic N) is 3. The van der Waals surface area contributed by atoms with Crippen molar-refractivity contribution < 1.29 is 14.6 Å². The van der Waals surface area contributed by atoms with E-state index >= 15 is 0 Å². The van der Waals surface area contributed by atoms with E-state index in [4.69, 9.17) is 15.1 Å². The summed E-state index contributed by atoms with van der Waals surface area (Å²) in [5.41, 5.74) is 0.881. The van der Waals surface area contributed by atoms with E-state index in [-0.39, 0.29) is 19.1 Å². The normalized spacial score (nSPS) is 17.8. The van der Waals surface area contributed by atoms with Crippen LogP contribution in [-0.4, -0.2) is 53.3 Å². The molecule has 1 N–H and O–H groups in total. The highest BCUT2D eigenvalue weighted by Crippen LogP contribution is 2.13. The summed E-state index contributed by atoms with van der Waals surface area (Å²) in [4.78, 5) is 17.9. The van der Waals surface area contributed by atoms with Gasteiger partial charge >= 0.3 is 0 Å². The molecule has 1 aromatic heterocycles.